The van der Waals surface area contributed by atoms with Crippen molar-refractivity contribution in [1.29, 1.82) is 0 Å². The highest BCUT2D eigenvalue weighted by Crippen LogP contribution is 2.33. The quantitative estimate of drug-likeness (QED) is 0.887. The van der Waals surface area contributed by atoms with Gasteiger partial charge in [-0.2, -0.15) is 0 Å². The summed E-state index contributed by atoms with van der Waals surface area (Å²) in [6.07, 6.45) is 3.84. The van der Waals surface area contributed by atoms with E-state index in [0.29, 0.717) is 13.1 Å². The highest BCUT2D eigenvalue weighted by Gasteiger charge is 2.26. The Labute approximate surface area is 141 Å². The van der Waals surface area contributed by atoms with Gasteiger partial charge in [0.1, 0.15) is 5.56 Å². The number of carbonyl (C=O) groups is 1. The van der Waals surface area contributed by atoms with Gasteiger partial charge >= 0.3 is 0 Å². The Morgan fingerprint density at radius 2 is 1.96 bits per heavy atom. The van der Waals surface area contributed by atoms with E-state index < -0.39 is 0 Å². The molecule has 1 heterocycles. The van der Waals surface area contributed by atoms with E-state index in [1.54, 1.807) is 10.8 Å². The van der Waals surface area contributed by atoms with Crippen LogP contribution < -0.4 is 15.8 Å². The molecule has 1 amide bonds. The molecule has 3 rings (SSSR count). The van der Waals surface area contributed by atoms with Crippen LogP contribution in [0.4, 0.5) is 5.69 Å². The van der Waals surface area contributed by atoms with Gasteiger partial charge in [0.05, 0.1) is 0 Å². The lowest BCUT2D eigenvalue weighted by atomic mass is 10.1. The first-order valence-corrected chi connectivity index (χ1v) is 8.34. The molecule has 1 aromatic carbocycles. The molecule has 5 heteroatoms. The molecule has 1 saturated carbocycles. The van der Waals surface area contributed by atoms with Crippen LogP contribution in [0.3, 0.4) is 0 Å². The second kappa shape index (κ2) is 6.91. The van der Waals surface area contributed by atoms with E-state index in [1.165, 1.54) is 0 Å². The third-order valence-corrected chi connectivity index (χ3v) is 4.42. The summed E-state index contributed by atoms with van der Waals surface area (Å²) in [6, 6.07) is 12.1. The molecular weight excluding hydrogens is 302 g/mol. The number of aryl methyl sites for hydroxylation is 1. The van der Waals surface area contributed by atoms with Crippen LogP contribution in [0.2, 0.25) is 0 Å². The van der Waals surface area contributed by atoms with Crippen molar-refractivity contribution in [2.45, 2.75) is 25.8 Å². The SMILES string of the molecule is Cc1ccn(C2CC2)c(=O)c1C(=O)NCCN(C)c1ccccc1. The van der Waals surface area contributed by atoms with Crippen LogP contribution in [0.1, 0.15) is 34.8 Å². The number of hydrogen-bond acceptors (Lipinski definition) is 3. The van der Waals surface area contributed by atoms with E-state index in [2.05, 4.69) is 10.2 Å². The summed E-state index contributed by atoms with van der Waals surface area (Å²) >= 11 is 0. The van der Waals surface area contributed by atoms with Crippen LogP contribution in [0.5, 0.6) is 0 Å². The maximum Gasteiger partial charge on any atom is 0.263 e. The molecule has 1 fully saturated rings. The highest BCUT2D eigenvalue weighted by molar-refractivity contribution is 5.95. The molecule has 5 nitrogen and oxygen atoms in total. The molecule has 1 N–H and O–H groups in total. The van der Waals surface area contributed by atoms with Crippen LogP contribution in [-0.2, 0) is 0 Å². The summed E-state index contributed by atoms with van der Waals surface area (Å²) in [6.45, 7) is 2.98. The van der Waals surface area contributed by atoms with Gasteiger partial charge in [-0.05, 0) is 43.5 Å². The van der Waals surface area contributed by atoms with Crippen molar-refractivity contribution in [2.75, 3.05) is 25.0 Å². The Balaban J connectivity index is 1.63. The van der Waals surface area contributed by atoms with Crippen LogP contribution >= 0.6 is 0 Å². The number of amides is 1. The Morgan fingerprint density at radius 3 is 2.62 bits per heavy atom. The summed E-state index contributed by atoms with van der Waals surface area (Å²) in [5.41, 5.74) is 1.92. The Hall–Kier alpha value is -2.56. The third-order valence-electron chi connectivity index (χ3n) is 4.42. The molecule has 1 aliphatic rings. The number of aromatic nitrogens is 1. The van der Waals surface area contributed by atoms with Gasteiger partial charge in [-0.15, -0.1) is 0 Å². The second-order valence-electron chi connectivity index (χ2n) is 6.33. The first kappa shape index (κ1) is 16.3. The molecule has 0 bridgehead atoms. The Bertz CT molecular complexity index is 779. The average molecular weight is 325 g/mol. The molecule has 0 spiro atoms. The monoisotopic (exact) mass is 325 g/mol. The van der Waals surface area contributed by atoms with Crippen molar-refractivity contribution in [3.63, 3.8) is 0 Å². The van der Waals surface area contributed by atoms with Gasteiger partial charge in [0.2, 0.25) is 0 Å². The van der Waals surface area contributed by atoms with Gasteiger partial charge < -0.3 is 14.8 Å². The van der Waals surface area contributed by atoms with E-state index >= 15 is 0 Å². The maximum absolute atomic E-state index is 12.5. The molecule has 0 aliphatic heterocycles. The molecule has 0 saturated heterocycles. The van der Waals surface area contributed by atoms with Crippen molar-refractivity contribution >= 4 is 11.6 Å². The number of rotatable bonds is 6. The Kier molecular flexibility index (Phi) is 4.69. The number of para-hydroxylation sites is 1. The van der Waals surface area contributed by atoms with E-state index in [9.17, 15) is 9.59 Å². The summed E-state index contributed by atoms with van der Waals surface area (Å²) in [5.74, 6) is -0.283. The lowest BCUT2D eigenvalue weighted by Gasteiger charge is -2.19. The minimum absolute atomic E-state index is 0.175. The number of likely N-dealkylation sites (N-methyl/N-ethyl adjacent to an activating group) is 1. The predicted molar refractivity (Wildman–Crippen MR) is 95.8 cm³/mol. The average Bonchev–Trinajstić information content (AvgIpc) is 3.40. The van der Waals surface area contributed by atoms with Gasteiger partial charge in [0, 0.05) is 38.1 Å². The van der Waals surface area contributed by atoms with Crippen molar-refractivity contribution < 1.29 is 4.79 Å². The highest BCUT2D eigenvalue weighted by atomic mass is 16.2. The number of benzene rings is 1. The number of anilines is 1. The molecule has 0 unspecified atom stereocenters. The fraction of sp³-hybridized carbons (Fsp3) is 0.368. The number of hydrogen-bond donors (Lipinski definition) is 1. The summed E-state index contributed by atoms with van der Waals surface area (Å²) in [5, 5.41) is 2.87. The standard InChI is InChI=1S/C19H23N3O2/c1-14-10-12-22(16-8-9-16)19(24)17(14)18(23)20-11-13-21(2)15-6-4-3-5-7-15/h3-7,10,12,16H,8-9,11,13H2,1-2H3,(H,20,23). The smallest absolute Gasteiger partial charge is 0.263 e. The van der Waals surface area contributed by atoms with Crippen molar-refractivity contribution in [3.8, 4) is 0 Å². The van der Waals surface area contributed by atoms with Crippen molar-refractivity contribution in [3.05, 3.63) is 64.1 Å². The normalized spacial score (nSPS) is 13.6. The van der Waals surface area contributed by atoms with Gasteiger partial charge in [0.25, 0.3) is 11.5 Å². The lowest BCUT2D eigenvalue weighted by Crippen LogP contribution is -2.37. The van der Waals surface area contributed by atoms with Crippen molar-refractivity contribution in [2.24, 2.45) is 0 Å². The van der Waals surface area contributed by atoms with Gasteiger partial charge in [-0.25, -0.2) is 0 Å². The largest absolute Gasteiger partial charge is 0.373 e. The summed E-state index contributed by atoms with van der Waals surface area (Å²) in [4.78, 5) is 27.0. The maximum atomic E-state index is 12.5. The molecular formula is C19H23N3O2. The lowest BCUT2D eigenvalue weighted by molar-refractivity contribution is 0.0952. The van der Waals surface area contributed by atoms with Crippen LogP contribution in [0, 0.1) is 6.92 Å². The number of pyridine rings is 1. The van der Waals surface area contributed by atoms with E-state index in [1.807, 2.05) is 50.4 Å². The summed E-state index contributed by atoms with van der Waals surface area (Å²) in [7, 11) is 1.98. The molecule has 0 atom stereocenters. The zero-order valence-electron chi connectivity index (χ0n) is 14.2. The van der Waals surface area contributed by atoms with Crippen LogP contribution in [0.15, 0.2) is 47.4 Å². The van der Waals surface area contributed by atoms with Gasteiger partial charge in [-0.1, -0.05) is 18.2 Å². The number of nitrogens with one attached hydrogen (secondary N) is 1. The minimum atomic E-state index is -0.283. The molecule has 1 aromatic heterocycles. The zero-order chi connectivity index (χ0) is 17.1. The fourth-order valence-electron chi connectivity index (χ4n) is 2.79. The molecule has 126 valence electrons. The first-order valence-electron chi connectivity index (χ1n) is 8.34. The second-order valence-corrected chi connectivity index (χ2v) is 6.33. The Morgan fingerprint density at radius 1 is 1.25 bits per heavy atom. The molecule has 24 heavy (non-hydrogen) atoms. The number of nitrogens with zero attached hydrogens (tertiary/aromatic N) is 2. The number of carbonyl (C=O) groups excluding carboxylic acids is 1. The van der Waals surface area contributed by atoms with E-state index in [0.717, 1.165) is 24.1 Å². The zero-order valence-corrected chi connectivity index (χ0v) is 14.2. The third kappa shape index (κ3) is 3.50. The van der Waals surface area contributed by atoms with Gasteiger partial charge in [0.15, 0.2) is 0 Å². The van der Waals surface area contributed by atoms with Crippen LogP contribution in [0.25, 0.3) is 0 Å². The van der Waals surface area contributed by atoms with E-state index in [-0.39, 0.29) is 23.1 Å². The van der Waals surface area contributed by atoms with Crippen molar-refractivity contribution in [1.82, 2.24) is 9.88 Å². The van der Waals surface area contributed by atoms with Crippen LogP contribution in [-0.4, -0.2) is 30.6 Å². The topological polar surface area (TPSA) is 54.3 Å². The first-order chi connectivity index (χ1) is 11.6. The predicted octanol–water partition coefficient (Wildman–Crippen LogP) is 2.36. The van der Waals surface area contributed by atoms with Gasteiger partial charge in [-0.3, -0.25) is 9.59 Å². The molecule has 1 aliphatic carbocycles. The minimum Gasteiger partial charge on any atom is -0.373 e. The summed E-state index contributed by atoms with van der Waals surface area (Å²) < 4.78 is 1.69. The molecule has 2 aromatic rings. The fourth-order valence-corrected chi connectivity index (χ4v) is 2.79. The molecule has 0 radical (unpaired) electrons. The van der Waals surface area contributed by atoms with E-state index in [4.69, 9.17) is 0 Å².